The molecule has 1 aromatic heterocycles. The van der Waals surface area contributed by atoms with Crippen LogP contribution in [0, 0.1) is 0 Å². The number of thioether (sulfide) groups is 1. The van der Waals surface area contributed by atoms with E-state index in [-0.39, 0.29) is 11.7 Å². The van der Waals surface area contributed by atoms with Crippen LogP contribution in [-0.2, 0) is 9.53 Å². The Labute approximate surface area is 191 Å². The second kappa shape index (κ2) is 10.5. The lowest BCUT2D eigenvalue weighted by atomic mass is 9.95. The van der Waals surface area contributed by atoms with Crippen molar-refractivity contribution in [1.82, 2.24) is 14.8 Å². The molecule has 1 fully saturated rings. The number of nitrogens with zero attached hydrogens (tertiary/aromatic N) is 3. The van der Waals surface area contributed by atoms with E-state index >= 15 is 0 Å². The lowest BCUT2D eigenvalue weighted by Gasteiger charge is -2.25. The average Bonchev–Trinajstić information content (AvgIpc) is 3.28. The summed E-state index contributed by atoms with van der Waals surface area (Å²) in [7, 11) is 1.34. The summed E-state index contributed by atoms with van der Waals surface area (Å²) in [6.45, 7) is 0. The van der Waals surface area contributed by atoms with E-state index < -0.39 is 5.97 Å². The number of hydrogen-bond donors (Lipinski definition) is 1. The van der Waals surface area contributed by atoms with Crippen LogP contribution in [0.1, 0.15) is 48.5 Å². The minimum Gasteiger partial charge on any atom is -0.465 e. The maximum Gasteiger partial charge on any atom is 0.337 e. The third kappa shape index (κ3) is 5.19. The first-order valence-corrected chi connectivity index (χ1v) is 11.8. The van der Waals surface area contributed by atoms with Gasteiger partial charge in [0.25, 0.3) is 0 Å². The molecule has 4 rings (SSSR count). The largest absolute Gasteiger partial charge is 0.465 e. The van der Waals surface area contributed by atoms with Gasteiger partial charge in [0.2, 0.25) is 5.91 Å². The van der Waals surface area contributed by atoms with Crippen LogP contribution < -0.4 is 5.32 Å². The van der Waals surface area contributed by atoms with E-state index in [1.165, 1.54) is 38.1 Å². The van der Waals surface area contributed by atoms with E-state index in [0.29, 0.717) is 17.3 Å². The summed E-state index contributed by atoms with van der Waals surface area (Å²) in [5.41, 5.74) is 2.10. The van der Waals surface area contributed by atoms with Gasteiger partial charge in [-0.25, -0.2) is 4.79 Å². The second-order valence-corrected chi connectivity index (χ2v) is 8.68. The maximum absolute atomic E-state index is 12.5. The highest BCUT2D eigenvalue weighted by Crippen LogP contribution is 2.35. The Kier molecular flexibility index (Phi) is 7.21. The summed E-state index contributed by atoms with van der Waals surface area (Å²) >= 11 is 1.40. The normalized spacial score (nSPS) is 14.2. The number of rotatable bonds is 7. The highest BCUT2D eigenvalue weighted by atomic mass is 32.2. The van der Waals surface area contributed by atoms with Gasteiger partial charge >= 0.3 is 5.97 Å². The monoisotopic (exact) mass is 450 g/mol. The number of nitrogens with one attached hydrogen (secondary N) is 1. The molecule has 32 heavy (non-hydrogen) atoms. The molecule has 1 aliphatic carbocycles. The van der Waals surface area contributed by atoms with Crippen molar-refractivity contribution in [3.8, 4) is 11.4 Å². The van der Waals surface area contributed by atoms with Crippen LogP contribution in [0.15, 0.2) is 59.8 Å². The van der Waals surface area contributed by atoms with Gasteiger partial charge in [0.05, 0.1) is 18.4 Å². The van der Waals surface area contributed by atoms with Gasteiger partial charge in [-0.05, 0) is 37.1 Å². The highest BCUT2D eigenvalue weighted by Gasteiger charge is 2.24. The summed E-state index contributed by atoms with van der Waals surface area (Å²) in [6, 6.07) is 17.1. The van der Waals surface area contributed by atoms with Crippen LogP contribution >= 0.6 is 11.8 Å². The van der Waals surface area contributed by atoms with Crippen molar-refractivity contribution < 1.29 is 14.3 Å². The molecule has 1 N–H and O–H groups in total. The second-order valence-electron chi connectivity index (χ2n) is 7.74. The number of benzene rings is 2. The lowest BCUT2D eigenvalue weighted by molar-refractivity contribution is -0.113. The third-order valence-electron chi connectivity index (χ3n) is 5.56. The smallest absolute Gasteiger partial charge is 0.337 e. The van der Waals surface area contributed by atoms with Crippen LogP contribution in [0.4, 0.5) is 5.69 Å². The number of aromatic nitrogens is 3. The molecule has 0 saturated heterocycles. The van der Waals surface area contributed by atoms with E-state index in [9.17, 15) is 9.59 Å². The van der Waals surface area contributed by atoms with Crippen molar-refractivity contribution in [3.05, 3.63) is 60.2 Å². The van der Waals surface area contributed by atoms with Crippen LogP contribution in [0.3, 0.4) is 0 Å². The first-order valence-electron chi connectivity index (χ1n) is 10.8. The summed E-state index contributed by atoms with van der Waals surface area (Å²) in [5.74, 6) is 0.534. The third-order valence-corrected chi connectivity index (χ3v) is 6.50. The number of methoxy groups -OCH3 is 1. The van der Waals surface area contributed by atoms with E-state index in [1.807, 2.05) is 30.3 Å². The van der Waals surface area contributed by atoms with E-state index in [1.54, 1.807) is 24.3 Å². The van der Waals surface area contributed by atoms with Gasteiger partial charge in [-0.2, -0.15) is 0 Å². The fourth-order valence-electron chi connectivity index (χ4n) is 3.96. The molecule has 1 amide bonds. The zero-order valence-corrected chi connectivity index (χ0v) is 18.8. The Morgan fingerprint density at radius 3 is 2.44 bits per heavy atom. The molecule has 0 radical (unpaired) electrons. The fourth-order valence-corrected chi connectivity index (χ4v) is 4.77. The summed E-state index contributed by atoms with van der Waals surface area (Å²) in [6.07, 6.45) is 5.86. The number of hydrogen-bond acceptors (Lipinski definition) is 6. The van der Waals surface area contributed by atoms with Gasteiger partial charge in [-0.15, -0.1) is 10.2 Å². The molecule has 7 nitrogen and oxygen atoms in total. The molecule has 1 saturated carbocycles. The Hall–Kier alpha value is -3.13. The summed E-state index contributed by atoms with van der Waals surface area (Å²) in [5, 5.41) is 12.5. The number of ether oxygens (including phenoxy) is 1. The molecule has 8 heteroatoms. The standard InChI is InChI=1S/C24H26N4O3S/c1-31-23(30)18-12-14-19(15-13-18)25-21(29)16-32-24-27-26-22(17-8-4-2-5-9-17)28(24)20-10-6-3-7-11-20/h2,4-5,8-9,12-15,20H,3,6-7,10-11,16H2,1H3,(H,25,29). The van der Waals surface area contributed by atoms with E-state index in [2.05, 4.69) is 20.1 Å². The molecule has 1 heterocycles. The SMILES string of the molecule is COC(=O)c1ccc(NC(=O)CSc2nnc(-c3ccccc3)n2C2CCCCC2)cc1. The van der Waals surface area contributed by atoms with E-state index in [0.717, 1.165) is 29.4 Å². The summed E-state index contributed by atoms with van der Waals surface area (Å²) in [4.78, 5) is 24.1. The van der Waals surface area contributed by atoms with Crippen molar-refractivity contribution in [2.75, 3.05) is 18.2 Å². The zero-order valence-electron chi connectivity index (χ0n) is 18.0. The Bertz CT molecular complexity index is 1060. The highest BCUT2D eigenvalue weighted by molar-refractivity contribution is 7.99. The van der Waals surface area contributed by atoms with Gasteiger partial charge in [0.1, 0.15) is 0 Å². The Balaban J connectivity index is 1.46. The molecule has 0 atom stereocenters. The number of carbonyl (C=O) groups excluding carboxylic acids is 2. The summed E-state index contributed by atoms with van der Waals surface area (Å²) < 4.78 is 6.91. The topological polar surface area (TPSA) is 86.1 Å². The minimum absolute atomic E-state index is 0.139. The quantitative estimate of drug-likeness (QED) is 0.404. The lowest BCUT2D eigenvalue weighted by Crippen LogP contribution is -2.17. The molecule has 0 unspecified atom stereocenters. The molecular formula is C24H26N4O3S. The van der Waals surface area contributed by atoms with Gasteiger partial charge in [0.15, 0.2) is 11.0 Å². The van der Waals surface area contributed by atoms with Crippen LogP contribution in [-0.4, -0.2) is 39.5 Å². The molecule has 0 spiro atoms. The van der Waals surface area contributed by atoms with Crippen molar-refractivity contribution in [2.45, 2.75) is 43.3 Å². The van der Waals surface area contributed by atoms with Gasteiger partial charge in [-0.3, -0.25) is 9.36 Å². The zero-order chi connectivity index (χ0) is 22.3. The first kappa shape index (κ1) is 22.1. The minimum atomic E-state index is -0.408. The van der Waals surface area contributed by atoms with Gasteiger partial charge < -0.3 is 10.1 Å². The molecule has 0 aliphatic heterocycles. The average molecular weight is 451 g/mol. The molecule has 0 bridgehead atoms. The number of amides is 1. The maximum atomic E-state index is 12.5. The Morgan fingerprint density at radius 1 is 1.03 bits per heavy atom. The molecular weight excluding hydrogens is 424 g/mol. The van der Waals surface area contributed by atoms with Crippen LogP contribution in [0.25, 0.3) is 11.4 Å². The number of carbonyl (C=O) groups is 2. The number of anilines is 1. The van der Waals surface area contributed by atoms with Crippen LogP contribution in [0.2, 0.25) is 0 Å². The van der Waals surface area contributed by atoms with Crippen molar-refractivity contribution in [1.29, 1.82) is 0 Å². The molecule has 2 aromatic carbocycles. The van der Waals surface area contributed by atoms with Crippen LogP contribution in [0.5, 0.6) is 0 Å². The van der Waals surface area contributed by atoms with E-state index in [4.69, 9.17) is 4.74 Å². The first-order chi connectivity index (χ1) is 15.7. The molecule has 166 valence electrons. The van der Waals surface area contributed by atoms with Crippen molar-refractivity contribution in [3.63, 3.8) is 0 Å². The van der Waals surface area contributed by atoms with Gasteiger partial charge in [-0.1, -0.05) is 61.4 Å². The Morgan fingerprint density at radius 2 is 1.75 bits per heavy atom. The molecule has 1 aliphatic rings. The predicted octanol–water partition coefficient (Wildman–Crippen LogP) is 4.97. The molecule has 3 aromatic rings. The number of esters is 1. The van der Waals surface area contributed by atoms with Gasteiger partial charge in [0, 0.05) is 17.3 Å². The predicted molar refractivity (Wildman–Crippen MR) is 125 cm³/mol. The van der Waals surface area contributed by atoms with Crippen molar-refractivity contribution >= 4 is 29.3 Å². The van der Waals surface area contributed by atoms with Crippen molar-refractivity contribution in [2.24, 2.45) is 0 Å². The fraction of sp³-hybridized carbons (Fsp3) is 0.333.